The van der Waals surface area contributed by atoms with Gasteiger partial charge >= 0.3 is 0 Å². The normalized spacial score (nSPS) is 22.6. The fourth-order valence-corrected chi connectivity index (χ4v) is 3.31. The Balaban J connectivity index is 1.61. The van der Waals surface area contributed by atoms with Crippen LogP contribution in [0.2, 0.25) is 0 Å². The summed E-state index contributed by atoms with van der Waals surface area (Å²) in [7, 11) is 0. The Morgan fingerprint density at radius 3 is 2.68 bits per heavy atom. The van der Waals surface area contributed by atoms with E-state index in [1.807, 2.05) is 17.1 Å². The third-order valence-corrected chi connectivity index (χ3v) is 4.61. The lowest BCUT2D eigenvalue weighted by Gasteiger charge is -2.38. The molecule has 118 valence electrons. The molecule has 1 aromatic heterocycles. The monoisotopic (exact) mass is 299 g/mol. The number of likely N-dealkylation sites (tertiary alicyclic amines) is 1. The third kappa shape index (κ3) is 3.33. The predicted octanol–water partition coefficient (Wildman–Crippen LogP) is 3.51. The molecule has 4 nitrogen and oxygen atoms in total. The van der Waals surface area contributed by atoms with Crippen LogP contribution in [0.3, 0.4) is 0 Å². The minimum Gasteiger partial charge on any atom is -0.490 e. The molecule has 0 aliphatic carbocycles. The quantitative estimate of drug-likeness (QED) is 0.846. The van der Waals surface area contributed by atoms with Gasteiger partial charge in [0.25, 0.3) is 0 Å². The fourth-order valence-electron chi connectivity index (χ4n) is 3.31. The summed E-state index contributed by atoms with van der Waals surface area (Å²) in [5.41, 5.74) is 1.11. The molecule has 0 amide bonds. The maximum absolute atomic E-state index is 6.20. The summed E-state index contributed by atoms with van der Waals surface area (Å²) in [5.74, 6) is 0.966. The number of hydrogen-bond acceptors (Lipinski definition) is 3. The van der Waals surface area contributed by atoms with Gasteiger partial charge in [-0.05, 0) is 50.1 Å². The topological polar surface area (TPSA) is 30.3 Å². The van der Waals surface area contributed by atoms with Crippen molar-refractivity contribution in [3.8, 4) is 11.4 Å². The molecule has 2 atom stereocenters. The molecule has 22 heavy (non-hydrogen) atoms. The first-order chi connectivity index (χ1) is 10.8. The molecule has 1 fully saturated rings. The van der Waals surface area contributed by atoms with Crippen LogP contribution in [0.4, 0.5) is 0 Å². The van der Waals surface area contributed by atoms with Gasteiger partial charge in [0.1, 0.15) is 11.9 Å². The van der Waals surface area contributed by atoms with E-state index >= 15 is 0 Å². The number of ether oxygens (including phenoxy) is 1. The Kier molecular flexibility index (Phi) is 4.78. The highest BCUT2D eigenvalue weighted by Gasteiger charge is 2.27. The molecular weight excluding hydrogens is 274 g/mol. The maximum Gasteiger partial charge on any atom is 0.119 e. The van der Waals surface area contributed by atoms with Gasteiger partial charge in [0.2, 0.25) is 0 Å². The van der Waals surface area contributed by atoms with Crippen LogP contribution in [0.1, 0.15) is 33.1 Å². The average molecular weight is 299 g/mol. The second-order valence-corrected chi connectivity index (χ2v) is 5.92. The van der Waals surface area contributed by atoms with Gasteiger partial charge in [-0.1, -0.05) is 13.8 Å². The zero-order chi connectivity index (χ0) is 15.4. The zero-order valence-electron chi connectivity index (χ0n) is 13.5. The highest BCUT2D eigenvalue weighted by Crippen LogP contribution is 2.25. The SMILES string of the molecule is CCC1CC(Oc2ccc(-n3ccnc3)cc2)CCN1CC. The molecule has 0 spiro atoms. The van der Waals surface area contributed by atoms with Crippen molar-refractivity contribution in [3.05, 3.63) is 43.0 Å². The third-order valence-electron chi connectivity index (χ3n) is 4.61. The van der Waals surface area contributed by atoms with Crippen LogP contribution in [0.25, 0.3) is 5.69 Å². The van der Waals surface area contributed by atoms with Crippen molar-refractivity contribution in [1.29, 1.82) is 0 Å². The first-order valence-corrected chi connectivity index (χ1v) is 8.29. The average Bonchev–Trinajstić information content (AvgIpc) is 3.10. The van der Waals surface area contributed by atoms with Crippen LogP contribution < -0.4 is 4.74 Å². The molecule has 1 aliphatic heterocycles. The van der Waals surface area contributed by atoms with E-state index in [0.29, 0.717) is 12.1 Å². The van der Waals surface area contributed by atoms with E-state index in [0.717, 1.165) is 37.4 Å². The molecule has 1 aliphatic rings. The van der Waals surface area contributed by atoms with Crippen molar-refractivity contribution in [3.63, 3.8) is 0 Å². The van der Waals surface area contributed by atoms with Crippen LogP contribution in [0, 0.1) is 0 Å². The van der Waals surface area contributed by atoms with Crippen molar-refractivity contribution in [2.24, 2.45) is 0 Å². The summed E-state index contributed by atoms with van der Waals surface area (Å²) in [6, 6.07) is 8.93. The first-order valence-electron chi connectivity index (χ1n) is 8.29. The number of rotatable bonds is 5. The Hall–Kier alpha value is -1.81. The Bertz CT molecular complexity index is 565. The molecule has 3 rings (SSSR count). The maximum atomic E-state index is 6.20. The summed E-state index contributed by atoms with van der Waals surface area (Å²) >= 11 is 0. The lowest BCUT2D eigenvalue weighted by atomic mass is 9.97. The number of imidazole rings is 1. The minimum atomic E-state index is 0.340. The van der Waals surface area contributed by atoms with Gasteiger partial charge in [-0.3, -0.25) is 0 Å². The molecule has 1 aromatic carbocycles. The Morgan fingerprint density at radius 2 is 2.05 bits per heavy atom. The van der Waals surface area contributed by atoms with E-state index < -0.39 is 0 Å². The van der Waals surface area contributed by atoms with E-state index in [1.54, 1.807) is 6.20 Å². The van der Waals surface area contributed by atoms with Gasteiger partial charge in [0.05, 0.1) is 6.33 Å². The lowest BCUT2D eigenvalue weighted by Crippen LogP contribution is -2.45. The van der Waals surface area contributed by atoms with E-state index in [2.05, 4.69) is 48.0 Å². The van der Waals surface area contributed by atoms with Crippen molar-refractivity contribution in [2.75, 3.05) is 13.1 Å². The number of hydrogen-bond donors (Lipinski definition) is 0. The van der Waals surface area contributed by atoms with Crippen LogP contribution in [0.5, 0.6) is 5.75 Å². The summed E-state index contributed by atoms with van der Waals surface area (Å²) in [6.07, 6.45) is 9.34. The molecule has 0 radical (unpaired) electrons. The van der Waals surface area contributed by atoms with Crippen molar-refractivity contribution in [1.82, 2.24) is 14.5 Å². The summed E-state index contributed by atoms with van der Waals surface area (Å²) in [6.45, 7) is 6.81. The molecule has 0 N–H and O–H groups in total. The Morgan fingerprint density at radius 1 is 1.23 bits per heavy atom. The smallest absolute Gasteiger partial charge is 0.119 e. The minimum absolute atomic E-state index is 0.340. The highest BCUT2D eigenvalue weighted by atomic mass is 16.5. The molecule has 0 bridgehead atoms. The van der Waals surface area contributed by atoms with Crippen LogP contribution in [-0.4, -0.2) is 39.7 Å². The molecule has 1 saturated heterocycles. The molecule has 4 heteroatoms. The molecular formula is C18H25N3O. The summed E-state index contributed by atoms with van der Waals surface area (Å²) in [4.78, 5) is 6.65. The largest absolute Gasteiger partial charge is 0.490 e. The lowest BCUT2D eigenvalue weighted by molar-refractivity contribution is 0.0574. The standard InChI is InChI=1S/C18H25N3O/c1-3-15-13-18(9-11-20(15)4-2)22-17-7-5-16(6-8-17)21-12-10-19-14-21/h5-8,10,12,14-15,18H,3-4,9,11,13H2,1-2H3. The van der Waals surface area contributed by atoms with Crippen molar-refractivity contribution >= 4 is 0 Å². The number of benzene rings is 1. The molecule has 0 saturated carbocycles. The van der Waals surface area contributed by atoms with Crippen LogP contribution >= 0.6 is 0 Å². The van der Waals surface area contributed by atoms with E-state index in [4.69, 9.17) is 4.74 Å². The van der Waals surface area contributed by atoms with Crippen molar-refractivity contribution in [2.45, 2.75) is 45.3 Å². The Labute approximate surface area is 132 Å². The van der Waals surface area contributed by atoms with E-state index in [-0.39, 0.29) is 0 Å². The van der Waals surface area contributed by atoms with E-state index in [1.165, 1.54) is 6.42 Å². The number of piperidine rings is 1. The fraction of sp³-hybridized carbons (Fsp3) is 0.500. The van der Waals surface area contributed by atoms with Gasteiger partial charge < -0.3 is 14.2 Å². The van der Waals surface area contributed by atoms with Gasteiger partial charge in [0, 0.05) is 30.7 Å². The summed E-state index contributed by atoms with van der Waals surface area (Å²) < 4.78 is 8.20. The first kappa shape index (κ1) is 15.1. The summed E-state index contributed by atoms with van der Waals surface area (Å²) in [5, 5.41) is 0. The molecule has 2 unspecified atom stereocenters. The highest BCUT2D eigenvalue weighted by molar-refractivity contribution is 5.37. The second kappa shape index (κ2) is 6.97. The van der Waals surface area contributed by atoms with Gasteiger partial charge in [0.15, 0.2) is 0 Å². The van der Waals surface area contributed by atoms with Crippen molar-refractivity contribution < 1.29 is 4.74 Å². The molecule has 2 heterocycles. The van der Waals surface area contributed by atoms with E-state index in [9.17, 15) is 0 Å². The number of aromatic nitrogens is 2. The van der Waals surface area contributed by atoms with Gasteiger partial charge in [-0.2, -0.15) is 0 Å². The zero-order valence-corrected chi connectivity index (χ0v) is 13.5. The van der Waals surface area contributed by atoms with Crippen LogP contribution in [-0.2, 0) is 0 Å². The van der Waals surface area contributed by atoms with Gasteiger partial charge in [-0.25, -0.2) is 4.98 Å². The second-order valence-electron chi connectivity index (χ2n) is 5.92. The predicted molar refractivity (Wildman–Crippen MR) is 88.5 cm³/mol. The number of nitrogens with zero attached hydrogens (tertiary/aromatic N) is 3. The molecule has 2 aromatic rings. The van der Waals surface area contributed by atoms with Crippen LogP contribution in [0.15, 0.2) is 43.0 Å². The van der Waals surface area contributed by atoms with Gasteiger partial charge in [-0.15, -0.1) is 0 Å².